The molecule has 17 heavy (non-hydrogen) atoms. The van der Waals surface area contributed by atoms with Crippen LogP contribution in [0.4, 0.5) is 0 Å². The molecule has 0 saturated heterocycles. The average Bonchev–Trinajstić information content (AvgIpc) is 2.74. The Morgan fingerprint density at radius 2 is 2.24 bits per heavy atom. The molecule has 5 nitrogen and oxygen atoms in total. The third-order valence-corrected chi connectivity index (χ3v) is 3.09. The van der Waals surface area contributed by atoms with Gasteiger partial charge in [-0.2, -0.15) is 10.2 Å². The summed E-state index contributed by atoms with van der Waals surface area (Å²) < 4.78 is 5.60. The van der Waals surface area contributed by atoms with Gasteiger partial charge in [0, 0.05) is 0 Å². The molecule has 5 heteroatoms. The highest BCUT2D eigenvalue weighted by atomic mass is 16.5. The van der Waals surface area contributed by atoms with Crippen molar-refractivity contribution in [3.63, 3.8) is 0 Å². The lowest BCUT2D eigenvalue weighted by Gasteiger charge is -2.23. The van der Waals surface area contributed by atoms with E-state index in [4.69, 9.17) is 15.7 Å². The van der Waals surface area contributed by atoms with Crippen LogP contribution < -0.4 is 10.5 Å². The number of aromatic nitrogens is 2. The van der Waals surface area contributed by atoms with Gasteiger partial charge in [-0.25, -0.2) is 4.98 Å². The van der Waals surface area contributed by atoms with E-state index in [9.17, 15) is 0 Å². The second-order valence-corrected chi connectivity index (χ2v) is 4.61. The number of nitrogens with zero attached hydrogens (tertiary/aromatic N) is 3. The molecule has 0 amide bonds. The summed E-state index contributed by atoms with van der Waals surface area (Å²) in [5, 5.41) is 8.92. The van der Waals surface area contributed by atoms with Crippen LogP contribution in [0.3, 0.4) is 0 Å². The molecular formula is C12H16N4O. The van der Waals surface area contributed by atoms with Crippen LogP contribution in [0.25, 0.3) is 0 Å². The summed E-state index contributed by atoms with van der Waals surface area (Å²) in [6, 6.07) is 2.02. The zero-order valence-electron chi connectivity index (χ0n) is 9.94. The first-order valence-corrected chi connectivity index (χ1v) is 5.78. The summed E-state index contributed by atoms with van der Waals surface area (Å²) in [6.07, 6.45) is 5.72. The van der Waals surface area contributed by atoms with Crippen molar-refractivity contribution in [1.82, 2.24) is 9.97 Å². The standard InChI is InChI=1S/C12H16N4O/c1-9-15-7-10(6-13)11(16-9)17-8-12(14)4-2-3-5-12/h7H,2-5,8,14H2,1H3. The molecule has 90 valence electrons. The molecule has 1 heterocycles. The zero-order valence-corrected chi connectivity index (χ0v) is 9.94. The minimum atomic E-state index is -0.258. The van der Waals surface area contributed by atoms with Gasteiger partial charge in [0.25, 0.3) is 0 Å². The maximum atomic E-state index is 8.92. The second-order valence-electron chi connectivity index (χ2n) is 4.61. The summed E-state index contributed by atoms with van der Waals surface area (Å²) in [5.74, 6) is 0.938. The van der Waals surface area contributed by atoms with E-state index in [1.807, 2.05) is 6.07 Å². The maximum absolute atomic E-state index is 8.92. The van der Waals surface area contributed by atoms with Gasteiger partial charge in [-0.15, -0.1) is 0 Å². The Labute approximate surface area is 101 Å². The molecule has 2 rings (SSSR count). The van der Waals surface area contributed by atoms with Gasteiger partial charge < -0.3 is 10.5 Å². The smallest absolute Gasteiger partial charge is 0.235 e. The molecule has 1 aliphatic carbocycles. The number of rotatable bonds is 3. The minimum absolute atomic E-state index is 0.258. The van der Waals surface area contributed by atoms with Gasteiger partial charge in [-0.05, 0) is 19.8 Å². The Morgan fingerprint density at radius 1 is 1.53 bits per heavy atom. The molecular weight excluding hydrogens is 216 g/mol. The minimum Gasteiger partial charge on any atom is -0.475 e. The van der Waals surface area contributed by atoms with Crippen LogP contribution in [0.2, 0.25) is 0 Å². The lowest BCUT2D eigenvalue weighted by atomic mass is 10.0. The molecule has 1 saturated carbocycles. The first-order valence-electron chi connectivity index (χ1n) is 5.78. The van der Waals surface area contributed by atoms with Gasteiger partial charge in [0.05, 0.1) is 11.7 Å². The van der Waals surface area contributed by atoms with Crippen LogP contribution in [0.15, 0.2) is 6.20 Å². The number of ether oxygens (including phenoxy) is 1. The van der Waals surface area contributed by atoms with Crippen molar-refractivity contribution in [2.75, 3.05) is 6.61 Å². The predicted octanol–water partition coefficient (Wildman–Crippen LogP) is 1.31. The van der Waals surface area contributed by atoms with Crippen LogP contribution >= 0.6 is 0 Å². The molecule has 1 aliphatic rings. The normalized spacial score (nSPS) is 17.7. The molecule has 2 N–H and O–H groups in total. The average molecular weight is 232 g/mol. The van der Waals surface area contributed by atoms with Gasteiger partial charge in [-0.3, -0.25) is 0 Å². The fourth-order valence-electron chi connectivity index (χ4n) is 2.07. The highest BCUT2D eigenvalue weighted by molar-refractivity contribution is 5.35. The molecule has 0 unspecified atom stereocenters. The Kier molecular flexibility index (Phi) is 3.25. The summed E-state index contributed by atoms with van der Waals surface area (Å²) in [5.41, 5.74) is 6.29. The van der Waals surface area contributed by atoms with E-state index in [1.165, 1.54) is 6.20 Å². The van der Waals surface area contributed by atoms with Crippen molar-refractivity contribution in [1.29, 1.82) is 5.26 Å². The Balaban J connectivity index is 2.08. The van der Waals surface area contributed by atoms with Crippen molar-refractivity contribution >= 4 is 0 Å². The van der Waals surface area contributed by atoms with E-state index in [0.717, 1.165) is 25.7 Å². The quantitative estimate of drug-likeness (QED) is 0.849. The number of aryl methyl sites for hydroxylation is 1. The van der Waals surface area contributed by atoms with Crippen LogP contribution in [0.1, 0.15) is 37.1 Å². The third kappa shape index (κ3) is 2.71. The van der Waals surface area contributed by atoms with Crippen LogP contribution in [-0.4, -0.2) is 22.1 Å². The summed E-state index contributed by atoms with van der Waals surface area (Å²) >= 11 is 0. The molecule has 0 spiro atoms. The zero-order chi connectivity index (χ0) is 12.3. The van der Waals surface area contributed by atoms with Crippen molar-refractivity contribution in [3.05, 3.63) is 17.6 Å². The van der Waals surface area contributed by atoms with Gasteiger partial charge in [-0.1, -0.05) is 12.8 Å². The van der Waals surface area contributed by atoms with E-state index < -0.39 is 0 Å². The van der Waals surface area contributed by atoms with E-state index in [2.05, 4.69) is 9.97 Å². The molecule has 1 aromatic heterocycles. The van der Waals surface area contributed by atoms with Gasteiger partial charge in [0.15, 0.2) is 0 Å². The maximum Gasteiger partial charge on any atom is 0.235 e. The van der Waals surface area contributed by atoms with E-state index in [0.29, 0.717) is 23.9 Å². The number of hydrogen-bond donors (Lipinski definition) is 1. The Morgan fingerprint density at radius 3 is 2.88 bits per heavy atom. The topological polar surface area (TPSA) is 84.8 Å². The summed E-state index contributed by atoms with van der Waals surface area (Å²) in [7, 11) is 0. The lowest BCUT2D eigenvalue weighted by molar-refractivity contribution is 0.212. The fraction of sp³-hybridized carbons (Fsp3) is 0.583. The van der Waals surface area contributed by atoms with Crippen molar-refractivity contribution < 1.29 is 4.74 Å². The van der Waals surface area contributed by atoms with E-state index >= 15 is 0 Å². The number of nitrogens with two attached hydrogens (primary N) is 1. The summed E-state index contributed by atoms with van der Waals surface area (Å²) in [6.45, 7) is 2.18. The summed E-state index contributed by atoms with van der Waals surface area (Å²) in [4.78, 5) is 8.09. The largest absolute Gasteiger partial charge is 0.475 e. The second kappa shape index (κ2) is 4.68. The highest BCUT2D eigenvalue weighted by Gasteiger charge is 2.30. The van der Waals surface area contributed by atoms with Crippen LogP contribution in [0.5, 0.6) is 5.88 Å². The van der Waals surface area contributed by atoms with Gasteiger partial charge >= 0.3 is 0 Å². The predicted molar refractivity (Wildman–Crippen MR) is 62.4 cm³/mol. The molecule has 0 aromatic carbocycles. The molecule has 0 bridgehead atoms. The van der Waals surface area contributed by atoms with Crippen molar-refractivity contribution in [2.24, 2.45) is 5.73 Å². The monoisotopic (exact) mass is 232 g/mol. The third-order valence-electron chi connectivity index (χ3n) is 3.09. The van der Waals surface area contributed by atoms with Gasteiger partial charge in [0.1, 0.15) is 24.1 Å². The fourth-order valence-corrected chi connectivity index (χ4v) is 2.07. The molecule has 0 aliphatic heterocycles. The number of nitriles is 1. The lowest BCUT2D eigenvalue weighted by Crippen LogP contribution is -2.42. The van der Waals surface area contributed by atoms with Gasteiger partial charge in [0.2, 0.25) is 5.88 Å². The highest BCUT2D eigenvalue weighted by Crippen LogP contribution is 2.28. The number of hydrogen-bond acceptors (Lipinski definition) is 5. The van der Waals surface area contributed by atoms with Crippen molar-refractivity contribution in [3.8, 4) is 11.9 Å². The first kappa shape index (κ1) is 11.8. The molecule has 0 atom stereocenters. The van der Waals surface area contributed by atoms with Crippen LogP contribution in [-0.2, 0) is 0 Å². The molecule has 1 aromatic rings. The Bertz CT molecular complexity index is 446. The Hall–Kier alpha value is -1.67. The van der Waals surface area contributed by atoms with Crippen molar-refractivity contribution in [2.45, 2.75) is 38.1 Å². The van der Waals surface area contributed by atoms with Crippen LogP contribution in [0, 0.1) is 18.3 Å². The first-order chi connectivity index (χ1) is 8.13. The molecule has 0 radical (unpaired) electrons. The molecule has 1 fully saturated rings. The van der Waals surface area contributed by atoms with E-state index in [-0.39, 0.29) is 5.54 Å². The SMILES string of the molecule is Cc1ncc(C#N)c(OCC2(N)CCCC2)n1. The van der Waals surface area contributed by atoms with E-state index in [1.54, 1.807) is 6.92 Å².